The summed E-state index contributed by atoms with van der Waals surface area (Å²) in [7, 11) is 0. The van der Waals surface area contributed by atoms with E-state index >= 15 is 0 Å². The summed E-state index contributed by atoms with van der Waals surface area (Å²) in [6.45, 7) is 17.9. The van der Waals surface area contributed by atoms with Gasteiger partial charge in [-0.05, 0) is 103 Å². The van der Waals surface area contributed by atoms with Gasteiger partial charge in [0.2, 0.25) is 0 Å². The average molecular weight is 754 g/mol. The van der Waals surface area contributed by atoms with Gasteiger partial charge < -0.3 is 14.4 Å². The Kier molecular flexibility index (Phi) is 35.0. The van der Waals surface area contributed by atoms with Crippen LogP contribution in [0.25, 0.3) is 0 Å². The highest BCUT2D eigenvalue weighted by Gasteiger charge is 2.22. The predicted molar refractivity (Wildman–Crippen MR) is 238 cm³/mol. The van der Waals surface area contributed by atoms with Gasteiger partial charge in [-0.1, -0.05) is 140 Å². The van der Waals surface area contributed by atoms with Crippen molar-refractivity contribution in [2.24, 2.45) is 0 Å². The zero-order valence-electron chi connectivity index (χ0n) is 36.2. The highest BCUT2D eigenvalue weighted by atomic mass is 16.5. The molecule has 2 aliphatic heterocycles. The number of piperazine rings is 1. The van der Waals surface area contributed by atoms with E-state index < -0.39 is 0 Å². The molecule has 0 bridgehead atoms. The maximum atomic E-state index is 6.53. The minimum absolute atomic E-state index is 0.198. The Morgan fingerprint density at radius 1 is 0.426 bits per heavy atom. The van der Waals surface area contributed by atoms with Crippen LogP contribution in [-0.2, 0) is 9.47 Å². The van der Waals surface area contributed by atoms with Gasteiger partial charge in [-0.15, -0.1) is 0 Å². The summed E-state index contributed by atoms with van der Waals surface area (Å²) in [5.74, 6) is 0. The number of allylic oxidation sites excluding steroid dienone is 8. The Balaban J connectivity index is 1.52. The first-order chi connectivity index (χ1) is 26.8. The van der Waals surface area contributed by atoms with Gasteiger partial charge in [0, 0.05) is 59.0 Å². The van der Waals surface area contributed by atoms with Crippen molar-refractivity contribution < 1.29 is 9.47 Å². The summed E-state index contributed by atoms with van der Waals surface area (Å²) in [5.41, 5.74) is 0. The molecule has 0 radical (unpaired) electrons. The van der Waals surface area contributed by atoms with Gasteiger partial charge >= 0.3 is 0 Å². The van der Waals surface area contributed by atoms with Crippen LogP contribution in [0.5, 0.6) is 0 Å². The third kappa shape index (κ3) is 30.9. The molecule has 0 aliphatic carbocycles. The maximum absolute atomic E-state index is 6.53. The van der Waals surface area contributed by atoms with Crippen molar-refractivity contribution in [3.8, 4) is 0 Å². The van der Waals surface area contributed by atoms with Gasteiger partial charge in [0.1, 0.15) is 0 Å². The Labute approximate surface area is 337 Å². The molecular weight excluding hydrogens is 663 g/mol. The second kappa shape index (κ2) is 38.6. The molecule has 314 valence electrons. The van der Waals surface area contributed by atoms with Crippen molar-refractivity contribution >= 4 is 0 Å². The monoisotopic (exact) mass is 754 g/mol. The van der Waals surface area contributed by atoms with Crippen LogP contribution in [-0.4, -0.2) is 99.5 Å². The van der Waals surface area contributed by atoms with Crippen molar-refractivity contribution in [2.75, 3.05) is 78.7 Å². The molecule has 0 N–H and O–H groups in total. The van der Waals surface area contributed by atoms with E-state index in [2.05, 4.69) is 77.2 Å². The van der Waals surface area contributed by atoms with Crippen LogP contribution in [0.3, 0.4) is 0 Å². The number of unbranched alkanes of at least 4 members (excludes halogenated alkanes) is 18. The lowest BCUT2D eigenvalue weighted by molar-refractivity contribution is -0.0398. The van der Waals surface area contributed by atoms with Crippen LogP contribution < -0.4 is 0 Å². The fourth-order valence-electron chi connectivity index (χ4n) is 7.67. The second-order valence-electron chi connectivity index (χ2n) is 16.4. The van der Waals surface area contributed by atoms with Crippen LogP contribution in [0, 0.1) is 0 Å². The van der Waals surface area contributed by atoms with Gasteiger partial charge in [-0.25, -0.2) is 0 Å². The molecule has 0 aromatic heterocycles. The number of hydrogen-bond acceptors (Lipinski definition) is 5. The quantitative estimate of drug-likeness (QED) is 0.0462. The van der Waals surface area contributed by atoms with E-state index in [1.807, 2.05) is 0 Å². The molecule has 2 saturated heterocycles. The molecule has 2 fully saturated rings. The fourth-order valence-corrected chi connectivity index (χ4v) is 7.67. The van der Waals surface area contributed by atoms with Crippen LogP contribution in [0.4, 0.5) is 0 Å². The van der Waals surface area contributed by atoms with Crippen molar-refractivity contribution in [1.29, 1.82) is 0 Å². The second-order valence-corrected chi connectivity index (χ2v) is 16.4. The lowest BCUT2D eigenvalue weighted by Gasteiger charge is -2.37. The summed E-state index contributed by atoms with van der Waals surface area (Å²) >= 11 is 0. The normalized spacial score (nSPS) is 17.1. The molecule has 5 nitrogen and oxygen atoms in total. The molecule has 0 aromatic carbocycles. The van der Waals surface area contributed by atoms with E-state index in [0.29, 0.717) is 0 Å². The molecule has 2 heterocycles. The smallest absolute Gasteiger partial charge is 0.0934 e. The van der Waals surface area contributed by atoms with E-state index in [4.69, 9.17) is 9.47 Å². The fraction of sp³-hybridized carbons (Fsp3) is 0.837. The molecule has 0 saturated carbocycles. The Bertz CT molecular complexity index is 887. The summed E-state index contributed by atoms with van der Waals surface area (Å²) in [4.78, 5) is 7.97. The number of nitrogens with zero attached hydrogens (tertiary/aromatic N) is 3. The third-order valence-electron chi connectivity index (χ3n) is 11.3. The molecule has 2 rings (SSSR count). The van der Waals surface area contributed by atoms with E-state index in [1.54, 1.807) is 0 Å². The first kappa shape index (κ1) is 48.9. The third-order valence-corrected chi connectivity index (χ3v) is 11.3. The highest BCUT2D eigenvalue weighted by molar-refractivity contribution is 4.93. The Morgan fingerprint density at radius 3 is 1.33 bits per heavy atom. The molecule has 0 spiro atoms. The summed E-state index contributed by atoms with van der Waals surface area (Å²) < 4.78 is 12.8. The lowest BCUT2D eigenvalue weighted by atomic mass is 10.1. The molecule has 54 heavy (non-hydrogen) atoms. The van der Waals surface area contributed by atoms with Crippen LogP contribution >= 0.6 is 0 Å². The predicted octanol–water partition coefficient (Wildman–Crippen LogP) is 12.7. The minimum atomic E-state index is 0.198. The molecule has 1 atom stereocenters. The van der Waals surface area contributed by atoms with E-state index in [1.165, 1.54) is 193 Å². The van der Waals surface area contributed by atoms with E-state index in [9.17, 15) is 0 Å². The maximum Gasteiger partial charge on any atom is 0.0934 e. The van der Waals surface area contributed by atoms with Crippen molar-refractivity contribution in [3.63, 3.8) is 0 Å². The van der Waals surface area contributed by atoms with Crippen LogP contribution in [0.15, 0.2) is 48.6 Å². The molecule has 2 aliphatic rings. The number of likely N-dealkylation sites (tertiary alicyclic amines) is 1. The van der Waals surface area contributed by atoms with Crippen molar-refractivity contribution in [3.05, 3.63) is 48.6 Å². The molecule has 5 heteroatoms. The number of rotatable bonds is 38. The summed E-state index contributed by atoms with van der Waals surface area (Å²) in [5, 5.41) is 0. The van der Waals surface area contributed by atoms with E-state index in [0.717, 1.165) is 52.3 Å². The first-order valence-corrected chi connectivity index (χ1v) is 23.8. The Morgan fingerprint density at radius 2 is 0.833 bits per heavy atom. The molecule has 0 amide bonds. The van der Waals surface area contributed by atoms with Crippen molar-refractivity contribution in [1.82, 2.24) is 14.7 Å². The minimum Gasteiger partial charge on any atom is -0.379 e. The lowest BCUT2D eigenvalue weighted by Crippen LogP contribution is -2.50. The van der Waals surface area contributed by atoms with Crippen LogP contribution in [0.2, 0.25) is 0 Å². The zero-order chi connectivity index (χ0) is 38.3. The average Bonchev–Trinajstić information content (AvgIpc) is 3.72. The van der Waals surface area contributed by atoms with Crippen molar-refractivity contribution in [2.45, 2.75) is 187 Å². The SMILES string of the molecule is CCCCCC=CCC=CCCCCCCCCOCC(CN1CCN(CCN2CCCC2)CC1)OCCCCCCCCC=CCC=CCCCCC. The molecular formula is C49H91N3O2. The standard InChI is InChI=1S/C49H91N3O2/c1-3-5-7-9-11-13-15-17-19-21-23-25-27-29-31-35-45-53-48-49(47-52-43-41-51(42-44-52)40-39-50-37-33-34-38-50)54-46-36-32-30-28-26-24-22-20-18-16-14-12-10-8-6-4-2/h11-14,17-20,49H,3-10,15-16,21-48H2,1-2H3. The number of ether oxygens (including phenoxy) is 2. The van der Waals surface area contributed by atoms with Gasteiger partial charge in [0.15, 0.2) is 0 Å². The molecule has 1 unspecified atom stereocenters. The van der Waals surface area contributed by atoms with Gasteiger partial charge in [-0.2, -0.15) is 0 Å². The Hall–Kier alpha value is -1.24. The van der Waals surface area contributed by atoms with Gasteiger partial charge in [-0.3, -0.25) is 9.80 Å². The zero-order valence-corrected chi connectivity index (χ0v) is 36.2. The van der Waals surface area contributed by atoms with Gasteiger partial charge in [0.05, 0.1) is 12.7 Å². The summed E-state index contributed by atoms with van der Waals surface area (Å²) in [6.07, 6.45) is 52.7. The van der Waals surface area contributed by atoms with Gasteiger partial charge in [0.25, 0.3) is 0 Å². The molecule has 0 aromatic rings. The summed E-state index contributed by atoms with van der Waals surface area (Å²) in [6, 6.07) is 0. The largest absolute Gasteiger partial charge is 0.379 e. The topological polar surface area (TPSA) is 28.2 Å². The van der Waals surface area contributed by atoms with E-state index in [-0.39, 0.29) is 6.10 Å². The highest BCUT2D eigenvalue weighted by Crippen LogP contribution is 2.13. The first-order valence-electron chi connectivity index (χ1n) is 23.8. The number of hydrogen-bond donors (Lipinski definition) is 0. The van der Waals surface area contributed by atoms with Crippen LogP contribution in [0.1, 0.15) is 181 Å².